The van der Waals surface area contributed by atoms with Gasteiger partial charge in [-0.15, -0.1) is 0 Å². The van der Waals surface area contributed by atoms with Crippen LogP contribution in [0.5, 0.6) is 5.75 Å². The quantitative estimate of drug-likeness (QED) is 0.789. The van der Waals surface area contributed by atoms with E-state index in [9.17, 15) is 18.0 Å². The van der Waals surface area contributed by atoms with Crippen LogP contribution in [0.25, 0.3) is 0 Å². The summed E-state index contributed by atoms with van der Waals surface area (Å²) in [5, 5.41) is 2.66. The van der Waals surface area contributed by atoms with Crippen molar-refractivity contribution in [1.29, 1.82) is 0 Å². The van der Waals surface area contributed by atoms with Gasteiger partial charge in [-0.1, -0.05) is 12.1 Å². The first-order valence-corrected chi connectivity index (χ1v) is 9.12. The Balaban J connectivity index is 1.85. The highest BCUT2D eigenvalue weighted by Crippen LogP contribution is 2.34. The summed E-state index contributed by atoms with van der Waals surface area (Å²) in [4.78, 5) is 26.5. The highest BCUT2D eigenvalue weighted by molar-refractivity contribution is 7.91. The molecule has 0 bridgehead atoms. The van der Waals surface area contributed by atoms with Gasteiger partial charge in [0, 0.05) is 13.1 Å². The van der Waals surface area contributed by atoms with E-state index in [-0.39, 0.29) is 11.5 Å². The number of ether oxygens (including phenoxy) is 1. The van der Waals surface area contributed by atoms with Gasteiger partial charge in [0.15, 0.2) is 9.84 Å². The van der Waals surface area contributed by atoms with Gasteiger partial charge in [0.1, 0.15) is 5.75 Å². The SMILES string of the molecule is CN(C(=O)[C@]1(C)Oc2ccccc2NC1=O)[C@@H]1CCS(=O)(=O)C1. The molecule has 0 unspecified atom stereocenters. The number of carbonyl (C=O) groups is 2. The van der Waals surface area contributed by atoms with Gasteiger partial charge in [0.05, 0.1) is 17.2 Å². The number of benzene rings is 1. The van der Waals surface area contributed by atoms with Crippen LogP contribution in [0.3, 0.4) is 0 Å². The normalized spacial score (nSPS) is 28.4. The van der Waals surface area contributed by atoms with Crippen molar-refractivity contribution in [3.8, 4) is 5.75 Å². The lowest BCUT2D eigenvalue weighted by atomic mass is 10.00. The van der Waals surface area contributed by atoms with E-state index in [4.69, 9.17) is 4.74 Å². The van der Waals surface area contributed by atoms with Crippen LogP contribution in [0.2, 0.25) is 0 Å². The molecule has 0 saturated carbocycles. The topological polar surface area (TPSA) is 92.8 Å². The fourth-order valence-electron chi connectivity index (χ4n) is 2.89. The van der Waals surface area contributed by atoms with Gasteiger partial charge in [-0.05, 0) is 25.5 Å². The van der Waals surface area contributed by atoms with Crippen molar-refractivity contribution in [2.24, 2.45) is 0 Å². The molecule has 0 radical (unpaired) electrons. The van der Waals surface area contributed by atoms with Crippen molar-refractivity contribution in [2.75, 3.05) is 23.9 Å². The van der Waals surface area contributed by atoms with Crippen LogP contribution >= 0.6 is 0 Å². The standard InChI is InChI=1S/C15H18N2O5S/c1-15(13(18)16-11-5-3-4-6-12(11)22-15)14(19)17(2)10-7-8-23(20,21)9-10/h3-6,10H,7-9H2,1-2H3,(H,16,18)/t10-,15-/m1/s1. The Morgan fingerprint density at radius 2 is 2.09 bits per heavy atom. The molecule has 1 N–H and O–H groups in total. The molecule has 2 aliphatic rings. The molecule has 3 rings (SSSR count). The number of anilines is 1. The molecule has 1 aromatic rings. The molecular weight excluding hydrogens is 320 g/mol. The first-order valence-electron chi connectivity index (χ1n) is 7.30. The molecule has 1 saturated heterocycles. The van der Waals surface area contributed by atoms with Gasteiger partial charge >= 0.3 is 0 Å². The second kappa shape index (κ2) is 5.23. The summed E-state index contributed by atoms with van der Waals surface area (Å²) in [5.74, 6) is -0.721. The largest absolute Gasteiger partial charge is 0.466 e. The van der Waals surface area contributed by atoms with E-state index in [1.165, 1.54) is 18.9 Å². The van der Waals surface area contributed by atoms with Gasteiger partial charge in [0.25, 0.3) is 17.4 Å². The number of hydrogen-bond donors (Lipinski definition) is 1. The maximum atomic E-state index is 12.8. The average Bonchev–Trinajstić information content (AvgIpc) is 2.87. The van der Waals surface area contributed by atoms with Crippen molar-refractivity contribution in [3.63, 3.8) is 0 Å². The van der Waals surface area contributed by atoms with Crippen molar-refractivity contribution < 1.29 is 22.7 Å². The zero-order valence-corrected chi connectivity index (χ0v) is 13.7. The van der Waals surface area contributed by atoms with E-state index in [1.807, 2.05) is 0 Å². The average molecular weight is 338 g/mol. The minimum atomic E-state index is -3.12. The van der Waals surface area contributed by atoms with Crippen molar-refractivity contribution >= 4 is 27.3 Å². The minimum Gasteiger partial charge on any atom is -0.466 e. The van der Waals surface area contributed by atoms with Crippen LogP contribution in [0, 0.1) is 0 Å². The van der Waals surface area contributed by atoms with E-state index >= 15 is 0 Å². The summed E-state index contributed by atoms with van der Waals surface area (Å²) < 4.78 is 28.9. The maximum absolute atomic E-state index is 12.8. The number of hydrogen-bond acceptors (Lipinski definition) is 5. The van der Waals surface area contributed by atoms with Crippen molar-refractivity contribution in [2.45, 2.75) is 25.0 Å². The molecule has 23 heavy (non-hydrogen) atoms. The highest BCUT2D eigenvalue weighted by Gasteiger charge is 2.50. The van der Waals surface area contributed by atoms with E-state index in [0.29, 0.717) is 17.9 Å². The molecular formula is C15H18N2O5S. The third-order valence-corrected chi connectivity index (χ3v) is 6.12. The third kappa shape index (κ3) is 2.67. The molecule has 1 fully saturated rings. The number of sulfone groups is 1. The number of para-hydroxylation sites is 2. The van der Waals surface area contributed by atoms with Crippen LogP contribution in [-0.2, 0) is 19.4 Å². The summed E-state index contributed by atoms with van der Waals surface area (Å²) in [7, 11) is -1.61. The van der Waals surface area contributed by atoms with Gasteiger partial charge in [-0.25, -0.2) is 8.42 Å². The zero-order valence-electron chi connectivity index (χ0n) is 12.9. The molecule has 2 aliphatic heterocycles. The Labute approximate surface area is 134 Å². The Bertz CT molecular complexity index is 776. The predicted octanol–water partition coefficient (Wildman–Crippen LogP) is 0.422. The molecule has 2 amide bonds. The number of carbonyl (C=O) groups excluding carboxylic acids is 2. The van der Waals surface area contributed by atoms with Crippen molar-refractivity contribution in [1.82, 2.24) is 4.90 Å². The number of nitrogens with one attached hydrogen (secondary N) is 1. The monoisotopic (exact) mass is 338 g/mol. The second-order valence-electron chi connectivity index (χ2n) is 6.06. The molecule has 0 spiro atoms. The number of fused-ring (bicyclic) bond motifs is 1. The second-order valence-corrected chi connectivity index (χ2v) is 8.29. The number of rotatable bonds is 2. The lowest BCUT2D eigenvalue weighted by molar-refractivity contribution is -0.154. The fourth-order valence-corrected chi connectivity index (χ4v) is 4.67. The van der Waals surface area contributed by atoms with E-state index < -0.39 is 33.3 Å². The molecule has 7 nitrogen and oxygen atoms in total. The van der Waals surface area contributed by atoms with Crippen LogP contribution < -0.4 is 10.1 Å². The van der Waals surface area contributed by atoms with Gasteiger partial charge in [0.2, 0.25) is 0 Å². The zero-order chi connectivity index (χ0) is 16.8. The predicted molar refractivity (Wildman–Crippen MR) is 83.9 cm³/mol. The summed E-state index contributed by atoms with van der Waals surface area (Å²) in [6.07, 6.45) is 0.374. The lowest BCUT2D eigenvalue weighted by Crippen LogP contribution is -2.60. The Hall–Kier alpha value is -2.09. The van der Waals surface area contributed by atoms with E-state index in [2.05, 4.69) is 5.32 Å². The highest BCUT2D eigenvalue weighted by atomic mass is 32.2. The van der Waals surface area contributed by atoms with Gasteiger partial charge in [-0.2, -0.15) is 0 Å². The van der Waals surface area contributed by atoms with Crippen molar-refractivity contribution in [3.05, 3.63) is 24.3 Å². The van der Waals surface area contributed by atoms with Gasteiger partial charge < -0.3 is 15.0 Å². The number of nitrogens with zero attached hydrogens (tertiary/aromatic N) is 1. The first-order chi connectivity index (χ1) is 10.7. The smallest absolute Gasteiger partial charge is 0.278 e. The van der Waals surface area contributed by atoms with E-state index in [1.54, 1.807) is 24.3 Å². The van der Waals surface area contributed by atoms with Crippen LogP contribution in [-0.4, -0.2) is 55.3 Å². The summed E-state index contributed by atoms with van der Waals surface area (Å²) in [6, 6.07) is 6.42. The van der Waals surface area contributed by atoms with Gasteiger partial charge in [-0.3, -0.25) is 9.59 Å². The summed E-state index contributed by atoms with van der Waals surface area (Å²) in [5.41, 5.74) is -1.20. The third-order valence-electron chi connectivity index (χ3n) is 4.37. The van der Waals surface area contributed by atoms with Crippen LogP contribution in [0.4, 0.5) is 5.69 Å². The summed E-state index contributed by atoms with van der Waals surface area (Å²) in [6.45, 7) is 1.40. The summed E-state index contributed by atoms with van der Waals surface area (Å²) >= 11 is 0. The maximum Gasteiger partial charge on any atom is 0.278 e. The number of likely N-dealkylation sites (N-methyl/N-ethyl adjacent to an activating group) is 1. The Kier molecular flexibility index (Phi) is 3.59. The molecule has 1 aromatic carbocycles. The molecule has 2 atom stereocenters. The molecule has 2 heterocycles. The number of amides is 2. The van der Waals surface area contributed by atoms with Crippen LogP contribution in [0.1, 0.15) is 13.3 Å². The molecule has 8 heteroatoms. The first kappa shape index (κ1) is 15.8. The molecule has 124 valence electrons. The van der Waals surface area contributed by atoms with Crippen LogP contribution in [0.15, 0.2) is 24.3 Å². The van der Waals surface area contributed by atoms with E-state index in [0.717, 1.165) is 0 Å². The Morgan fingerprint density at radius 3 is 2.74 bits per heavy atom. The minimum absolute atomic E-state index is 0.0574. The lowest BCUT2D eigenvalue weighted by Gasteiger charge is -2.37. The fraction of sp³-hybridized carbons (Fsp3) is 0.467. The molecule has 0 aromatic heterocycles. The Morgan fingerprint density at radius 1 is 1.39 bits per heavy atom. The molecule has 0 aliphatic carbocycles.